The highest BCUT2D eigenvalue weighted by atomic mass is 16.1. The highest BCUT2D eigenvalue weighted by molar-refractivity contribution is 5.87. The maximum absolute atomic E-state index is 11.4. The van der Waals surface area contributed by atoms with Crippen molar-refractivity contribution in [2.24, 2.45) is 0 Å². The zero-order valence-electron chi connectivity index (χ0n) is 12.2. The maximum atomic E-state index is 11.4. The summed E-state index contributed by atoms with van der Waals surface area (Å²) in [4.78, 5) is 15.6. The van der Waals surface area contributed by atoms with Crippen LogP contribution < -0.4 is 10.6 Å². The number of rotatable bonds is 10. The lowest BCUT2D eigenvalue weighted by Gasteiger charge is -2.09. The van der Waals surface area contributed by atoms with Crippen molar-refractivity contribution >= 4 is 5.91 Å². The monoisotopic (exact) mass is 256 g/mol. The van der Waals surface area contributed by atoms with Crippen LogP contribution in [0.5, 0.6) is 0 Å². The molecule has 0 radical (unpaired) electrons. The maximum Gasteiger partial charge on any atom is 0.245 e. The topological polar surface area (TPSA) is 47.6 Å². The van der Waals surface area contributed by atoms with Crippen molar-refractivity contribution < 1.29 is 4.79 Å². The minimum Gasteiger partial charge on any atom is -0.391 e. The Labute approximate surface area is 111 Å². The molecule has 0 aromatic heterocycles. The fraction of sp³-hybridized carbons (Fsp3) is 0.769. The van der Waals surface area contributed by atoms with E-state index in [0.29, 0.717) is 0 Å². The molecule has 0 atom stereocenters. The summed E-state index contributed by atoms with van der Waals surface area (Å²) in [7, 11) is 8.16. The van der Waals surface area contributed by atoms with Gasteiger partial charge in [-0.15, -0.1) is 0 Å². The molecule has 0 heterocycles. The Morgan fingerprint density at radius 1 is 1.00 bits per heavy atom. The summed E-state index contributed by atoms with van der Waals surface area (Å²) in [6.07, 6.45) is 5.31. The SMILES string of the molecule is CN(C)CCCNC=CC(=O)NCCCN(C)C. The first-order chi connectivity index (χ1) is 8.52. The van der Waals surface area contributed by atoms with Crippen molar-refractivity contribution in [1.29, 1.82) is 0 Å². The third-order valence-corrected chi connectivity index (χ3v) is 2.36. The van der Waals surface area contributed by atoms with Crippen molar-refractivity contribution in [2.45, 2.75) is 12.8 Å². The second-order valence-corrected chi connectivity index (χ2v) is 4.89. The lowest BCUT2D eigenvalue weighted by atomic mass is 10.4. The van der Waals surface area contributed by atoms with E-state index in [4.69, 9.17) is 0 Å². The summed E-state index contributed by atoms with van der Waals surface area (Å²) in [5, 5.41) is 5.95. The highest BCUT2D eigenvalue weighted by Gasteiger charge is 1.95. The van der Waals surface area contributed by atoms with Crippen LogP contribution in [0, 0.1) is 0 Å². The van der Waals surface area contributed by atoms with Gasteiger partial charge in [0.15, 0.2) is 0 Å². The van der Waals surface area contributed by atoms with E-state index in [1.54, 1.807) is 12.3 Å². The quantitative estimate of drug-likeness (QED) is 0.430. The molecule has 0 aromatic carbocycles. The van der Waals surface area contributed by atoms with Gasteiger partial charge >= 0.3 is 0 Å². The van der Waals surface area contributed by atoms with Gasteiger partial charge in [0.05, 0.1) is 0 Å². The molecule has 18 heavy (non-hydrogen) atoms. The third kappa shape index (κ3) is 13.0. The molecule has 0 aliphatic rings. The van der Waals surface area contributed by atoms with Crippen LogP contribution in [0.2, 0.25) is 0 Å². The van der Waals surface area contributed by atoms with Crippen LogP contribution in [0.4, 0.5) is 0 Å². The van der Waals surface area contributed by atoms with Crippen LogP contribution >= 0.6 is 0 Å². The first-order valence-corrected chi connectivity index (χ1v) is 6.49. The summed E-state index contributed by atoms with van der Waals surface area (Å²) in [5.41, 5.74) is 0. The number of nitrogens with one attached hydrogen (secondary N) is 2. The zero-order chi connectivity index (χ0) is 13.8. The van der Waals surface area contributed by atoms with Crippen LogP contribution in [-0.2, 0) is 4.79 Å². The van der Waals surface area contributed by atoms with E-state index < -0.39 is 0 Å². The molecular weight excluding hydrogens is 228 g/mol. The summed E-state index contributed by atoms with van der Waals surface area (Å²) in [6, 6.07) is 0. The summed E-state index contributed by atoms with van der Waals surface area (Å²) < 4.78 is 0. The number of carbonyl (C=O) groups is 1. The van der Waals surface area contributed by atoms with E-state index in [1.165, 1.54) is 0 Å². The van der Waals surface area contributed by atoms with E-state index in [1.807, 2.05) is 14.1 Å². The van der Waals surface area contributed by atoms with Gasteiger partial charge in [-0.05, 0) is 54.1 Å². The number of hydrogen-bond donors (Lipinski definition) is 2. The van der Waals surface area contributed by atoms with Gasteiger partial charge < -0.3 is 20.4 Å². The molecule has 5 heteroatoms. The molecule has 0 fully saturated rings. The van der Waals surface area contributed by atoms with Gasteiger partial charge in [-0.2, -0.15) is 0 Å². The van der Waals surface area contributed by atoms with Crippen LogP contribution in [0.25, 0.3) is 0 Å². The fourth-order valence-corrected chi connectivity index (χ4v) is 1.38. The average molecular weight is 256 g/mol. The van der Waals surface area contributed by atoms with Gasteiger partial charge in [0, 0.05) is 25.4 Å². The van der Waals surface area contributed by atoms with Crippen LogP contribution in [0.15, 0.2) is 12.3 Å². The van der Waals surface area contributed by atoms with Crippen LogP contribution in [0.3, 0.4) is 0 Å². The van der Waals surface area contributed by atoms with Crippen molar-refractivity contribution in [3.05, 3.63) is 12.3 Å². The predicted molar refractivity (Wildman–Crippen MR) is 76.5 cm³/mol. The van der Waals surface area contributed by atoms with Crippen molar-refractivity contribution in [3.8, 4) is 0 Å². The molecule has 0 saturated carbocycles. The first kappa shape index (κ1) is 16.9. The zero-order valence-corrected chi connectivity index (χ0v) is 12.2. The molecule has 0 aromatic rings. The molecule has 5 nitrogen and oxygen atoms in total. The lowest BCUT2D eigenvalue weighted by molar-refractivity contribution is -0.116. The molecule has 2 N–H and O–H groups in total. The Hall–Kier alpha value is -1.07. The third-order valence-electron chi connectivity index (χ3n) is 2.36. The summed E-state index contributed by atoms with van der Waals surface area (Å²) in [6.45, 7) is 3.66. The first-order valence-electron chi connectivity index (χ1n) is 6.49. The van der Waals surface area contributed by atoms with Crippen LogP contribution in [0.1, 0.15) is 12.8 Å². The molecule has 106 valence electrons. The molecule has 0 bridgehead atoms. The van der Waals surface area contributed by atoms with Gasteiger partial charge in [0.2, 0.25) is 5.91 Å². The average Bonchev–Trinajstić information content (AvgIpc) is 2.28. The standard InChI is InChI=1S/C13H28N4O/c1-16(2)11-5-8-14-10-7-13(18)15-9-6-12-17(3)4/h7,10,14H,5-6,8-9,11-12H2,1-4H3,(H,15,18). The number of nitrogens with zero attached hydrogens (tertiary/aromatic N) is 2. The van der Waals surface area contributed by atoms with E-state index in [2.05, 4.69) is 34.5 Å². The second kappa shape index (κ2) is 11.0. The summed E-state index contributed by atoms with van der Waals surface area (Å²) >= 11 is 0. The van der Waals surface area contributed by atoms with Gasteiger partial charge in [-0.1, -0.05) is 0 Å². The smallest absolute Gasteiger partial charge is 0.245 e. The molecule has 0 unspecified atom stereocenters. The largest absolute Gasteiger partial charge is 0.391 e. The number of carbonyl (C=O) groups excluding carboxylic acids is 1. The van der Waals surface area contributed by atoms with E-state index in [0.717, 1.165) is 39.0 Å². The van der Waals surface area contributed by atoms with Crippen molar-refractivity contribution in [1.82, 2.24) is 20.4 Å². The molecule has 0 aliphatic heterocycles. The Morgan fingerprint density at radius 2 is 1.56 bits per heavy atom. The second-order valence-electron chi connectivity index (χ2n) is 4.89. The molecule has 1 amide bonds. The molecular formula is C13H28N4O. The molecule has 0 aliphatic carbocycles. The Kier molecular flexibility index (Phi) is 10.4. The summed E-state index contributed by atoms with van der Waals surface area (Å²) in [5.74, 6) is -0.0335. The molecule has 0 spiro atoms. The molecule has 0 rings (SSSR count). The van der Waals surface area contributed by atoms with E-state index in [-0.39, 0.29) is 5.91 Å². The number of hydrogen-bond acceptors (Lipinski definition) is 4. The van der Waals surface area contributed by atoms with E-state index >= 15 is 0 Å². The lowest BCUT2D eigenvalue weighted by Crippen LogP contribution is -2.26. The Morgan fingerprint density at radius 3 is 2.11 bits per heavy atom. The molecule has 0 saturated heterocycles. The number of amides is 1. The Balaban J connectivity index is 3.39. The minimum atomic E-state index is -0.0335. The van der Waals surface area contributed by atoms with E-state index in [9.17, 15) is 4.79 Å². The van der Waals surface area contributed by atoms with Gasteiger partial charge in [0.1, 0.15) is 0 Å². The Bertz CT molecular complexity index is 239. The van der Waals surface area contributed by atoms with Gasteiger partial charge in [-0.3, -0.25) is 4.79 Å². The fourth-order valence-electron chi connectivity index (χ4n) is 1.38. The van der Waals surface area contributed by atoms with Crippen molar-refractivity contribution in [2.75, 3.05) is 54.4 Å². The van der Waals surface area contributed by atoms with Gasteiger partial charge in [-0.25, -0.2) is 0 Å². The van der Waals surface area contributed by atoms with Crippen LogP contribution in [-0.4, -0.2) is 70.1 Å². The van der Waals surface area contributed by atoms with Crippen molar-refractivity contribution in [3.63, 3.8) is 0 Å². The highest BCUT2D eigenvalue weighted by Crippen LogP contribution is 1.82. The predicted octanol–water partition coefficient (Wildman–Crippen LogP) is 0.109. The van der Waals surface area contributed by atoms with Gasteiger partial charge in [0.25, 0.3) is 0 Å². The minimum absolute atomic E-state index is 0.0335. The normalized spacial score (nSPS) is 11.4.